The molecule has 0 saturated carbocycles. The number of H-pyrrole nitrogens is 1. The van der Waals surface area contributed by atoms with E-state index >= 15 is 0 Å². The maximum atomic E-state index is 5.31. The average molecular weight is 255 g/mol. The smallest absolute Gasteiger partial charge is 0.361 e. The van der Waals surface area contributed by atoms with Gasteiger partial charge in [0.25, 0.3) is 0 Å². The molecule has 0 saturated heterocycles. The van der Waals surface area contributed by atoms with Crippen LogP contribution in [-0.4, -0.2) is 20.6 Å². The third-order valence-electron chi connectivity index (χ3n) is 1.68. The van der Waals surface area contributed by atoms with E-state index in [2.05, 4.69) is 36.6 Å². The second-order valence-corrected chi connectivity index (χ2v) is 3.56. The molecule has 0 amide bonds. The summed E-state index contributed by atoms with van der Waals surface area (Å²) in [6.07, 6.45) is 0. The SMILES string of the molecule is Cc1ccc(Oc2nn[nH]n2)cc1Br. The van der Waals surface area contributed by atoms with Gasteiger partial charge in [-0.15, -0.1) is 0 Å². The average Bonchev–Trinajstić information content (AvgIpc) is 2.64. The quantitative estimate of drug-likeness (QED) is 0.892. The van der Waals surface area contributed by atoms with Crippen molar-refractivity contribution in [3.63, 3.8) is 0 Å². The van der Waals surface area contributed by atoms with Crippen molar-refractivity contribution in [2.24, 2.45) is 0 Å². The fourth-order valence-corrected chi connectivity index (χ4v) is 1.30. The highest BCUT2D eigenvalue weighted by Gasteiger charge is 2.02. The summed E-state index contributed by atoms with van der Waals surface area (Å²) < 4.78 is 6.29. The van der Waals surface area contributed by atoms with Gasteiger partial charge in [0, 0.05) is 4.47 Å². The van der Waals surface area contributed by atoms with E-state index in [0.29, 0.717) is 5.75 Å². The van der Waals surface area contributed by atoms with E-state index in [1.807, 2.05) is 25.1 Å². The largest absolute Gasteiger partial charge is 0.422 e. The predicted molar refractivity (Wildman–Crippen MR) is 53.1 cm³/mol. The molecule has 0 bridgehead atoms. The third kappa shape index (κ3) is 1.90. The van der Waals surface area contributed by atoms with Crippen LogP contribution in [0.3, 0.4) is 0 Å². The molecule has 0 atom stereocenters. The summed E-state index contributed by atoms with van der Waals surface area (Å²) in [4.78, 5) is 0. The lowest BCUT2D eigenvalue weighted by molar-refractivity contribution is 0.442. The topological polar surface area (TPSA) is 63.7 Å². The number of tetrazole rings is 1. The molecule has 1 aromatic heterocycles. The van der Waals surface area contributed by atoms with E-state index in [-0.39, 0.29) is 6.01 Å². The molecule has 2 rings (SSSR count). The van der Waals surface area contributed by atoms with Crippen LogP contribution in [0.5, 0.6) is 11.8 Å². The minimum absolute atomic E-state index is 0.209. The fourth-order valence-electron chi connectivity index (χ4n) is 0.938. The molecule has 1 N–H and O–H groups in total. The molecule has 2 aromatic rings. The first-order valence-electron chi connectivity index (χ1n) is 3.93. The Morgan fingerprint density at radius 3 is 2.93 bits per heavy atom. The van der Waals surface area contributed by atoms with Crippen molar-refractivity contribution < 1.29 is 4.74 Å². The van der Waals surface area contributed by atoms with Crippen LogP contribution in [-0.2, 0) is 0 Å². The number of nitrogens with zero attached hydrogens (tertiary/aromatic N) is 3. The van der Waals surface area contributed by atoms with Crippen LogP contribution in [0.15, 0.2) is 22.7 Å². The first-order valence-corrected chi connectivity index (χ1v) is 4.72. The van der Waals surface area contributed by atoms with Crippen LogP contribution < -0.4 is 4.74 Å². The minimum Gasteiger partial charge on any atom is -0.422 e. The van der Waals surface area contributed by atoms with E-state index in [0.717, 1.165) is 10.0 Å². The predicted octanol–water partition coefficient (Wildman–Crippen LogP) is 2.06. The number of aryl methyl sites for hydroxylation is 1. The van der Waals surface area contributed by atoms with Crippen molar-refractivity contribution in [1.82, 2.24) is 20.6 Å². The van der Waals surface area contributed by atoms with Gasteiger partial charge in [0.2, 0.25) is 0 Å². The summed E-state index contributed by atoms with van der Waals surface area (Å²) in [5.41, 5.74) is 1.14. The van der Waals surface area contributed by atoms with E-state index < -0.39 is 0 Å². The zero-order valence-electron chi connectivity index (χ0n) is 7.36. The van der Waals surface area contributed by atoms with Gasteiger partial charge >= 0.3 is 6.01 Å². The van der Waals surface area contributed by atoms with Gasteiger partial charge in [-0.3, -0.25) is 0 Å². The van der Waals surface area contributed by atoms with Crippen molar-refractivity contribution in [2.75, 3.05) is 0 Å². The van der Waals surface area contributed by atoms with Gasteiger partial charge < -0.3 is 4.74 Å². The zero-order chi connectivity index (χ0) is 9.97. The molecule has 0 aliphatic carbocycles. The minimum atomic E-state index is 0.209. The fraction of sp³-hybridized carbons (Fsp3) is 0.125. The van der Waals surface area contributed by atoms with Gasteiger partial charge in [-0.05, 0) is 29.8 Å². The van der Waals surface area contributed by atoms with Crippen LogP contribution in [0.1, 0.15) is 5.56 Å². The summed E-state index contributed by atoms with van der Waals surface area (Å²) in [5, 5.41) is 13.1. The summed E-state index contributed by atoms with van der Waals surface area (Å²) in [7, 11) is 0. The summed E-state index contributed by atoms with van der Waals surface area (Å²) in [5.74, 6) is 0.670. The number of aromatic nitrogens is 4. The monoisotopic (exact) mass is 254 g/mol. The normalized spacial score (nSPS) is 10.1. The molecular weight excluding hydrogens is 248 g/mol. The molecule has 0 aliphatic heterocycles. The van der Waals surface area contributed by atoms with E-state index in [1.54, 1.807) is 0 Å². The number of hydrogen-bond donors (Lipinski definition) is 1. The molecule has 0 radical (unpaired) electrons. The number of benzene rings is 1. The van der Waals surface area contributed by atoms with Crippen LogP contribution in [0, 0.1) is 6.92 Å². The van der Waals surface area contributed by atoms with Gasteiger partial charge in [0.05, 0.1) is 0 Å². The van der Waals surface area contributed by atoms with Gasteiger partial charge in [0.15, 0.2) is 0 Å². The van der Waals surface area contributed by atoms with E-state index in [4.69, 9.17) is 4.74 Å². The number of halogens is 1. The second kappa shape index (κ2) is 3.75. The van der Waals surface area contributed by atoms with Crippen LogP contribution in [0.4, 0.5) is 0 Å². The van der Waals surface area contributed by atoms with E-state index in [1.165, 1.54) is 0 Å². The standard InChI is InChI=1S/C8H7BrN4O/c1-5-2-3-6(4-7(5)9)14-8-10-12-13-11-8/h2-4H,1H3,(H,10,11,12,13). The first-order chi connectivity index (χ1) is 6.75. The molecule has 0 aliphatic rings. The molecule has 1 aromatic carbocycles. The Morgan fingerprint density at radius 2 is 2.29 bits per heavy atom. The summed E-state index contributed by atoms with van der Waals surface area (Å²) in [6.45, 7) is 2.00. The first kappa shape index (κ1) is 9.14. The number of hydrogen-bond acceptors (Lipinski definition) is 4. The Morgan fingerprint density at radius 1 is 1.43 bits per heavy atom. The van der Waals surface area contributed by atoms with Crippen molar-refractivity contribution >= 4 is 15.9 Å². The Bertz CT molecular complexity index is 429. The lowest BCUT2D eigenvalue weighted by Crippen LogP contribution is -1.87. The molecule has 5 nitrogen and oxygen atoms in total. The highest BCUT2D eigenvalue weighted by Crippen LogP contribution is 2.24. The molecule has 72 valence electrons. The van der Waals surface area contributed by atoms with Gasteiger partial charge in [-0.25, -0.2) is 0 Å². The Labute approximate surface area is 88.6 Å². The van der Waals surface area contributed by atoms with Crippen LogP contribution in [0.25, 0.3) is 0 Å². The number of nitrogens with one attached hydrogen (secondary N) is 1. The lowest BCUT2D eigenvalue weighted by atomic mass is 10.2. The maximum absolute atomic E-state index is 5.31. The molecular formula is C8H7BrN4O. The summed E-state index contributed by atoms with van der Waals surface area (Å²) >= 11 is 3.41. The van der Waals surface area contributed by atoms with Crippen LogP contribution >= 0.6 is 15.9 Å². The van der Waals surface area contributed by atoms with E-state index in [9.17, 15) is 0 Å². The molecule has 14 heavy (non-hydrogen) atoms. The van der Waals surface area contributed by atoms with Crippen molar-refractivity contribution in [3.05, 3.63) is 28.2 Å². The van der Waals surface area contributed by atoms with Gasteiger partial charge in [0.1, 0.15) is 5.75 Å². The second-order valence-electron chi connectivity index (χ2n) is 2.71. The molecule has 0 fully saturated rings. The van der Waals surface area contributed by atoms with Gasteiger partial charge in [-0.1, -0.05) is 32.2 Å². The highest BCUT2D eigenvalue weighted by atomic mass is 79.9. The van der Waals surface area contributed by atoms with Crippen molar-refractivity contribution in [2.45, 2.75) is 6.92 Å². The molecule has 0 spiro atoms. The maximum Gasteiger partial charge on any atom is 0.361 e. The van der Waals surface area contributed by atoms with Crippen LogP contribution in [0.2, 0.25) is 0 Å². The highest BCUT2D eigenvalue weighted by molar-refractivity contribution is 9.10. The summed E-state index contributed by atoms with van der Waals surface area (Å²) in [6, 6.07) is 5.85. The zero-order valence-corrected chi connectivity index (χ0v) is 8.95. The molecule has 0 unspecified atom stereocenters. The Kier molecular flexibility index (Phi) is 2.45. The molecule has 6 heteroatoms. The number of ether oxygens (including phenoxy) is 1. The number of rotatable bonds is 2. The third-order valence-corrected chi connectivity index (χ3v) is 2.53. The van der Waals surface area contributed by atoms with Crippen molar-refractivity contribution in [1.29, 1.82) is 0 Å². The lowest BCUT2D eigenvalue weighted by Gasteiger charge is -2.02. The number of aromatic amines is 1. The van der Waals surface area contributed by atoms with Crippen molar-refractivity contribution in [3.8, 4) is 11.8 Å². The van der Waals surface area contributed by atoms with Gasteiger partial charge in [-0.2, -0.15) is 5.21 Å². The molecule has 1 heterocycles. The Balaban J connectivity index is 2.22. The Hall–Kier alpha value is -1.43.